The maximum absolute atomic E-state index is 12.2. The summed E-state index contributed by atoms with van der Waals surface area (Å²) in [7, 11) is 1.37. The molecular formula is C21H22N2O8. The molecule has 0 saturated carbocycles. The first kappa shape index (κ1) is 22.0. The van der Waals surface area contributed by atoms with Gasteiger partial charge in [0.05, 0.1) is 29.8 Å². The first-order valence-corrected chi connectivity index (χ1v) is 9.60. The van der Waals surface area contributed by atoms with Gasteiger partial charge in [-0.1, -0.05) is 0 Å². The molecule has 0 bridgehead atoms. The molecule has 0 radical (unpaired) electrons. The molecule has 1 heterocycles. The number of nitro groups is 1. The maximum Gasteiger partial charge on any atom is 0.338 e. The number of methoxy groups -OCH3 is 1. The molecule has 1 aliphatic heterocycles. The lowest BCUT2D eigenvalue weighted by Crippen LogP contribution is -2.21. The van der Waals surface area contributed by atoms with Crippen LogP contribution in [0.3, 0.4) is 0 Å². The van der Waals surface area contributed by atoms with Crippen molar-refractivity contribution >= 4 is 23.3 Å². The standard InChI is InChI=1S/C21H22N2O8/c1-28-16-8-9-18(19(11-16)23(26)27)22-20(24)13-31-21(25)14-4-6-15(7-5-14)30-12-17-3-2-10-29-17/h4-9,11,17H,2-3,10,12-13H2,1H3,(H,22,24)/t17-/m0/s1. The van der Waals surface area contributed by atoms with Crippen LogP contribution in [-0.4, -0.2) is 49.8 Å². The van der Waals surface area contributed by atoms with Crippen LogP contribution in [0.4, 0.5) is 11.4 Å². The number of esters is 1. The first-order valence-electron chi connectivity index (χ1n) is 9.60. The van der Waals surface area contributed by atoms with Crippen LogP contribution in [-0.2, 0) is 14.3 Å². The van der Waals surface area contributed by atoms with Gasteiger partial charge in [-0.15, -0.1) is 0 Å². The topological polar surface area (TPSA) is 126 Å². The van der Waals surface area contributed by atoms with Crippen LogP contribution < -0.4 is 14.8 Å². The molecule has 31 heavy (non-hydrogen) atoms. The lowest BCUT2D eigenvalue weighted by molar-refractivity contribution is -0.384. The van der Waals surface area contributed by atoms with Gasteiger partial charge < -0.3 is 24.3 Å². The number of carbonyl (C=O) groups is 2. The molecule has 1 N–H and O–H groups in total. The van der Waals surface area contributed by atoms with Crippen molar-refractivity contribution in [2.24, 2.45) is 0 Å². The Labute approximate surface area is 178 Å². The van der Waals surface area contributed by atoms with Crippen LogP contribution >= 0.6 is 0 Å². The largest absolute Gasteiger partial charge is 0.496 e. The number of nitrogens with zero attached hydrogens (tertiary/aromatic N) is 1. The predicted molar refractivity (Wildman–Crippen MR) is 109 cm³/mol. The lowest BCUT2D eigenvalue weighted by Gasteiger charge is -2.11. The summed E-state index contributed by atoms with van der Waals surface area (Å²) in [6.07, 6.45) is 2.08. The van der Waals surface area contributed by atoms with Crippen molar-refractivity contribution in [2.45, 2.75) is 18.9 Å². The summed E-state index contributed by atoms with van der Waals surface area (Å²) in [6.45, 7) is 0.596. The molecule has 3 rings (SSSR count). The highest BCUT2D eigenvalue weighted by molar-refractivity contribution is 5.96. The average Bonchev–Trinajstić information content (AvgIpc) is 3.30. The Bertz CT molecular complexity index is 939. The van der Waals surface area contributed by atoms with Crippen LogP contribution in [0.2, 0.25) is 0 Å². The molecule has 1 amide bonds. The van der Waals surface area contributed by atoms with Gasteiger partial charge in [-0.3, -0.25) is 14.9 Å². The normalized spacial score (nSPS) is 15.2. The number of carbonyl (C=O) groups excluding carboxylic acids is 2. The predicted octanol–water partition coefficient (Wildman–Crippen LogP) is 2.96. The zero-order chi connectivity index (χ0) is 22.2. The van der Waals surface area contributed by atoms with Gasteiger partial charge in [0, 0.05) is 6.61 Å². The van der Waals surface area contributed by atoms with E-state index in [9.17, 15) is 19.7 Å². The van der Waals surface area contributed by atoms with E-state index < -0.39 is 23.4 Å². The van der Waals surface area contributed by atoms with Crippen LogP contribution in [0.15, 0.2) is 42.5 Å². The highest BCUT2D eigenvalue weighted by Crippen LogP contribution is 2.28. The Hall–Kier alpha value is -3.66. The number of anilines is 1. The molecule has 1 aliphatic rings. The van der Waals surface area contributed by atoms with E-state index in [0.717, 1.165) is 19.4 Å². The van der Waals surface area contributed by atoms with Crippen LogP contribution in [0.25, 0.3) is 0 Å². The smallest absolute Gasteiger partial charge is 0.338 e. The molecule has 2 aromatic carbocycles. The minimum absolute atomic E-state index is 0.0282. The molecule has 1 atom stereocenters. The molecule has 10 heteroatoms. The lowest BCUT2D eigenvalue weighted by atomic mass is 10.2. The first-order chi connectivity index (χ1) is 15.0. The number of nitro benzene ring substituents is 1. The number of nitrogens with one attached hydrogen (secondary N) is 1. The average molecular weight is 430 g/mol. The second-order valence-electron chi connectivity index (χ2n) is 6.73. The molecule has 1 saturated heterocycles. The number of rotatable bonds is 9. The Kier molecular flexibility index (Phi) is 7.39. The van der Waals surface area contributed by atoms with E-state index >= 15 is 0 Å². The van der Waals surface area contributed by atoms with E-state index in [1.807, 2.05) is 0 Å². The number of hydrogen-bond acceptors (Lipinski definition) is 8. The molecule has 0 spiro atoms. The fourth-order valence-corrected chi connectivity index (χ4v) is 2.95. The molecule has 2 aromatic rings. The van der Waals surface area contributed by atoms with Crippen LogP contribution in [0.5, 0.6) is 11.5 Å². The number of ether oxygens (including phenoxy) is 4. The highest BCUT2D eigenvalue weighted by atomic mass is 16.6. The molecule has 0 aromatic heterocycles. The van der Waals surface area contributed by atoms with Gasteiger partial charge in [-0.2, -0.15) is 0 Å². The minimum Gasteiger partial charge on any atom is -0.496 e. The van der Waals surface area contributed by atoms with Gasteiger partial charge >= 0.3 is 5.97 Å². The van der Waals surface area contributed by atoms with Gasteiger partial charge in [0.2, 0.25) is 0 Å². The highest BCUT2D eigenvalue weighted by Gasteiger charge is 2.19. The van der Waals surface area contributed by atoms with Gasteiger partial charge in [0.15, 0.2) is 6.61 Å². The van der Waals surface area contributed by atoms with Crippen molar-refractivity contribution in [3.8, 4) is 11.5 Å². The Morgan fingerprint density at radius 3 is 2.58 bits per heavy atom. The Morgan fingerprint density at radius 1 is 1.19 bits per heavy atom. The van der Waals surface area contributed by atoms with Gasteiger partial charge in [0.1, 0.15) is 23.8 Å². The van der Waals surface area contributed by atoms with Gasteiger partial charge in [0.25, 0.3) is 11.6 Å². The third kappa shape index (κ3) is 6.16. The van der Waals surface area contributed by atoms with Crippen LogP contribution in [0.1, 0.15) is 23.2 Å². The summed E-state index contributed by atoms with van der Waals surface area (Å²) >= 11 is 0. The molecular weight excluding hydrogens is 408 g/mol. The van der Waals surface area contributed by atoms with E-state index in [1.165, 1.54) is 37.4 Å². The van der Waals surface area contributed by atoms with Crippen molar-refractivity contribution in [2.75, 3.05) is 32.2 Å². The second kappa shape index (κ2) is 10.4. The zero-order valence-electron chi connectivity index (χ0n) is 16.9. The van der Waals surface area contributed by atoms with E-state index in [4.69, 9.17) is 18.9 Å². The third-order valence-corrected chi connectivity index (χ3v) is 4.56. The number of amides is 1. The van der Waals surface area contributed by atoms with Gasteiger partial charge in [-0.25, -0.2) is 4.79 Å². The minimum atomic E-state index is -0.710. The summed E-state index contributed by atoms with van der Waals surface area (Å²) in [5, 5.41) is 13.5. The molecule has 0 aliphatic carbocycles. The maximum atomic E-state index is 12.2. The number of hydrogen-bond donors (Lipinski definition) is 1. The van der Waals surface area contributed by atoms with E-state index in [-0.39, 0.29) is 28.8 Å². The van der Waals surface area contributed by atoms with Crippen molar-refractivity contribution in [3.63, 3.8) is 0 Å². The van der Waals surface area contributed by atoms with E-state index in [2.05, 4.69) is 5.32 Å². The summed E-state index contributed by atoms with van der Waals surface area (Å²) in [5.41, 5.74) is -0.120. The van der Waals surface area contributed by atoms with Crippen molar-refractivity contribution in [1.29, 1.82) is 0 Å². The van der Waals surface area contributed by atoms with Crippen LogP contribution in [0, 0.1) is 10.1 Å². The zero-order valence-corrected chi connectivity index (χ0v) is 16.9. The van der Waals surface area contributed by atoms with E-state index in [0.29, 0.717) is 12.4 Å². The third-order valence-electron chi connectivity index (χ3n) is 4.56. The number of benzene rings is 2. The van der Waals surface area contributed by atoms with Crippen molar-refractivity contribution < 1.29 is 33.5 Å². The molecule has 1 fully saturated rings. The fourth-order valence-electron chi connectivity index (χ4n) is 2.95. The molecule has 0 unspecified atom stereocenters. The van der Waals surface area contributed by atoms with Crippen molar-refractivity contribution in [3.05, 3.63) is 58.1 Å². The SMILES string of the molecule is COc1ccc(NC(=O)COC(=O)c2ccc(OC[C@@H]3CCCO3)cc2)c([N+](=O)[O-])c1. The van der Waals surface area contributed by atoms with Gasteiger partial charge in [-0.05, 0) is 49.2 Å². The van der Waals surface area contributed by atoms with Crippen molar-refractivity contribution in [1.82, 2.24) is 0 Å². The summed E-state index contributed by atoms with van der Waals surface area (Å²) in [5.74, 6) is -0.542. The summed E-state index contributed by atoms with van der Waals surface area (Å²) < 4.78 is 21.0. The van der Waals surface area contributed by atoms with E-state index in [1.54, 1.807) is 12.1 Å². The fraction of sp³-hybridized carbons (Fsp3) is 0.333. The Morgan fingerprint density at radius 2 is 1.94 bits per heavy atom. The monoisotopic (exact) mass is 430 g/mol. The summed E-state index contributed by atoms with van der Waals surface area (Å²) in [6, 6.07) is 10.3. The second-order valence-corrected chi connectivity index (χ2v) is 6.73. The molecule has 10 nitrogen and oxygen atoms in total. The quantitative estimate of drug-likeness (QED) is 0.366. The Balaban J connectivity index is 1.50. The molecule has 164 valence electrons. The summed E-state index contributed by atoms with van der Waals surface area (Å²) in [4.78, 5) is 34.7.